The number of carbonyl (C=O) groups is 2. The maximum atomic E-state index is 13.1. The number of hydroxylamine groups is 2. The van der Waals surface area contributed by atoms with E-state index in [0.717, 1.165) is 47.7 Å². The third-order valence-corrected chi connectivity index (χ3v) is 8.88. The molecule has 4 aliphatic rings. The van der Waals surface area contributed by atoms with Crippen LogP contribution in [0.5, 0.6) is 11.6 Å². The molecule has 2 amide bonds. The molecule has 1 aromatic carbocycles. The molecule has 202 valence electrons. The Balaban J connectivity index is 1.13. The summed E-state index contributed by atoms with van der Waals surface area (Å²) >= 11 is 0. The second-order valence-corrected chi connectivity index (χ2v) is 10.6. The van der Waals surface area contributed by atoms with Crippen LogP contribution in [0.2, 0.25) is 0 Å². The van der Waals surface area contributed by atoms with Crippen LogP contribution < -0.4 is 31.0 Å². The highest BCUT2D eigenvalue weighted by Crippen LogP contribution is 2.65. The molecular weight excluding hydrogens is 488 g/mol. The maximum Gasteiger partial charge on any atom is 0.295 e. The molecule has 11 nitrogen and oxygen atoms in total. The van der Waals surface area contributed by atoms with E-state index in [1.807, 2.05) is 24.3 Å². The monoisotopic (exact) mass is 522 g/mol. The van der Waals surface area contributed by atoms with Gasteiger partial charge in [-0.25, -0.2) is 15.5 Å². The molecular formula is C27H34N6O5. The first kappa shape index (κ1) is 24.9. The van der Waals surface area contributed by atoms with Crippen molar-refractivity contribution < 1.29 is 23.9 Å². The summed E-state index contributed by atoms with van der Waals surface area (Å²) in [6.07, 6.45) is 3.96. The highest BCUT2D eigenvalue weighted by Gasteiger charge is 2.67. The summed E-state index contributed by atoms with van der Waals surface area (Å²) in [5.74, 6) is 2.07. The van der Waals surface area contributed by atoms with Gasteiger partial charge in [0.25, 0.3) is 5.91 Å². The number of hydrazine groups is 1. The van der Waals surface area contributed by atoms with Crippen LogP contribution in [0.25, 0.3) is 0 Å². The zero-order valence-electron chi connectivity index (χ0n) is 22.0. The van der Waals surface area contributed by atoms with E-state index in [1.165, 1.54) is 21.3 Å². The van der Waals surface area contributed by atoms with Gasteiger partial charge in [-0.05, 0) is 73.4 Å². The van der Waals surface area contributed by atoms with Crippen molar-refractivity contribution >= 4 is 23.2 Å². The minimum Gasteiger partial charge on any atom is -0.497 e. The molecule has 2 aliphatic heterocycles. The van der Waals surface area contributed by atoms with Gasteiger partial charge in [-0.2, -0.15) is 0 Å². The van der Waals surface area contributed by atoms with Gasteiger partial charge in [-0.15, -0.1) is 0 Å². The number of ether oxygens (including phenoxy) is 2. The van der Waals surface area contributed by atoms with Crippen molar-refractivity contribution in [3.8, 4) is 11.6 Å². The molecule has 4 unspecified atom stereocenters. The highest BCUT2D eigenvalue weighted by molar-refractivity contribution is 6.09. The molecule has 2 aliphatic carbocycles. The number of nitrogens with one attached hydrogen (secondary N) is 4. The van der Waals surface area contributed by atoms with Gasteiger partial charge < -0.3 is 20.1 Å². The number of amides is 2. The number of fused-ring (bicyclic) bond motifs is 3. The average Bonchev–Trinajstić information content (AvgIpc) is 3.50. The molecule has 2 aromatic rings. The molecule has 2 saturated carbocycles. The molecule has 1 saturated heterocycles. The van der Waals surface area contributed by atoms with E-state index in [-0.39, 0.29) is 29.7 Å². The fourth-order valence-corrected chi connectivity index (χ4v) is 6.75. The van der Waals surface area contributed by atoms with E-state index in [4.69, 9.17) is 14.3 Å². The number of rotatable bonds is 7. The zero-order chi connectivity index (χ0) is 26.6. The van der Waals surface area contributed by atoms with E-state index in [9.17, 15) is 9.59 Å². The van der Waals surface area contributed by atoms with Crippen LogP contribution in [0, 0.1) is 17.8 Å². The number of nitrogens with zero attached hydrogens (tertiary/aromatic N) is 2. The Bertz CT molecular complexity index is 1270. The van der Waals surface area contributed by atoms with Gasteiger partial charge in [0.15, 0.2) is 0 Å². The summed E-state index contributed by atoms with van der Waals surface area (Å²) in [6.45, 7) is 0. The number of benzene rings is 1. The third kappa shape index (κ3) is 3.88. The number of aromatic nitrogens is 1. The predicted molar refractivity (Wildman–Crippen MR) is 140 cm³/mol. The highest BCUT2D eigenvalue weighted by atomic mass is 16.7. The molecule has 11 heteroatoms. The van der Waals surface area contributed by atoms with Crippen molar-refractivity contribution in [2.45, 2.75) is 43.3 Å². The molecule has 3 heterocycles. The van der Waals surface area contributed by atoms with Crippen LogP contribution in [0.15, 0.2) is 30.3 Å². The number of pyridine rings is 1. The van der Waals surface area contributed by atoms with E-state index < -0.39 is 5.41 Å². The summed E-state index contributed by atoms with van der Waals surface area (Å²) in [5, 5.41) is 7.74. The minimum atomic E-state index is -0.417. The maximum absolute atomic E-state index is 13.1. The van der Waals surface area contributed by atoms with Crippen molar-refractivity contribution in [3.63, 3.8) is 0 Å². The number of anilines is 2. The second-order valence-electron chi connectivity index (χ2n) is 10.6. The largest absolute Gasteiger partial charge is 0.497 e. The fourth-order valence-electron chi connectivity index (χ4n) is 6.75. The van der Waals surface area contributed by atoms with Crippen molar-refractivity contribution in [2.24, 2.45) is 17.8 Å². The first-order valence-electron chi connectivity index (χ1n) is 13.0. The molecule has 3 fully saturated rings. The Kier molecular flexibility index (Phi) is 6.16. The predicted octanol–water partition coefficient (Wildman–Crippen LogP) is 2.27. The number of carbonyl (C=O) groups excluding carboxylic acids is 2. The normalized spacial score (nSPS) is 30.8. The van der Waals surface area contributed by atoms with Gasteiger partial charge in [0.2, 0.25) is 11.8 Å². The Morgan fingerprint density at radius 1 is 1.13 bits per heavy atom. The average molecular weight is 523 g/mol. The van der Waals surface area contributed by atoms with E-state index in [1.54, 1.807) is 13.2 Å². The van der Waals surface area contributed by atoms with Crippen LogP contribution in [-0.4, -0.2) is 62.4 Å². The molecule has 6 atom stereocenters. The zero-order valence-corrected chi connectivity index (χ0v) is 22.0. The molecule has 1 spiro atoms. The van der Waals surface area contributed by atoms with Gasteiger partial charge in [-0.1, -0.05) is 0 Å². The number of methoxy groups -OCH3 is 2. The summed E-state index contributed by atoms with van der Waals surface area (Å²) in [6, 6.07) is 9.63. The summed E-state index contributed by atoms with van der Waals surface area (Å²) < 4.78 is 10.9. The lowest BCUT2D eigenvalue weighted by Crippen LogP contribution is -2.39. The molecule has 6 rings (SSSR count). The first-order chi connectivity index (χ1) is 18.4. The smallest absolute Gasteiger partial charge is 0.295 e. The topological polar surface area (TPSA) is 126 Å². The lowest BCUT2D eigenvalue weighted by atomic mass is 9.74. The van der Waals surface area contributed by atoms with Crippen LogP contribution in [-0.2, 0) is 15.0 Å². The van der Waals surface area contributed by atoms with Crippen molar-refractivity contribution in [3.05, 3.63) is 41.6 Å². The van der Waals surface area contributed by atoms with Gasteiger partial charge in [-0.3, -0.25) is 19.9 Å². The van der Waals surface area contributed by atoms with E-state index in [0.29, 0.717) is 29.3 Å². The summed E-state index contributed by atoms with van der Waals surface area (Å²) in [7, 11) is 6.16. The van der Waals surface area contributed by atoms with Gasteiger partial charge in [0.05, 0.1) is 38.6 Å². The quantitative estimate of drug-likeness (QED) is 0.405. The molecule has 1 aromatic heterocycles. The molecule has 4 N–H and O–H groups in total. The Labute approximate surface area is 221 Å². The van der Waals surface area contributed by atoms with Crippen LogP contribution in [0.3, 0.4) is 0 Å². The standard InChI is InChI=1S/C27H34N6O5/c1-33(38-4)25(34)21-10-9-20(24(29-21)37-3)28-23-16-7-5-14(11-22(16)31-32-23)18-13-27(18)17-12-15(36-2)6-8-19(17)30-26(27)35/h6,8-10,12,14,16,18,22-23,28,31-32H,5,7,11,13H2,1-4H3,(H,30,35)/t14?,16?,18-,22?,23?,27-/m0/s1. The second kappa shape index (κ2) is 9.40. The number of hydrogen-bond donors (Lipinski definition) is 4. The number of hydrogen-bond acceptors (Lipinski definition) is 9. The van der Waals surface area contributed by atoms with Gasteiger partial charge in [0.1, 0.15) is 11.4 Å². The lowest BCUT2D eigenvalue weighted by molar-refractivity contribution is -0.118. The van der Waals surface area contributed by atoms with E-state index in [2.05, 4.69) is 26.5 Å². The van der Waals surface area contributed by atoms with Gasteiger partial charge in [0, 0.05) is 24.7 Å². The van der Waals surface area contributed by atoms with Gasteiger partial charge >= 0.3 is 0 Å². The first-order valence-corrected chi connectivity index (χ1v) is 13.0. The molecule has 0 bridgehead atoms. The van der Waals surface area contributed by atoms with Crippen molar-refractivity contribution in [1.82, 2.24) is 20.9 Å². The van der Waals surface area contributed by atoms with Crippen LogP contribution in [0.1, 0.15) is 41.7 Å². The van der Waals surface area contributed by atoms with Crippen LogP contribution in [0.4, 0.5) is 11.4 Å². The molecule has 0 radical (unpaired) electrons. The fraction of sp³-hybridized carbons (Fsp3) is 0.519. The molecule has 38 heavy (non-hydrogen) atoms. The lowest BCUT2D eigenvalue weighted by Gasteiger charge is -2.34. The summed E-state index contributed by atoms with van der Waals surface area (Å²) in [4.78, 5) is 34.8. The third-order valence-electron chi connectivity index (χ3n) is 8.88. The summed E-state index contributed by atoms with van der Waals surface area (Å²) in [5.41, 5.74) is 9.43. The van der Waals surface area contributed by atoms with Crippen LogP contribution >= 0.6 is 0 Å². The minimum absolute atomic E-state index is 0.0206. The SMILES string of the molecule is COc1ccc2c(c1)[C@]1(C[C@H]1C1CCC3C(C1)NNC3Nc1ccc(C(=O)N(C)OC)nc1OC)C(=O)N2. The Morgan fingerprint density at radius 3 is 2.74 bits per heavy atom. The Morgan fingerprint density at radius 2 is 1.97 bits per heavy atom. The Hall–Kier alpha value is -3.41. The van der Waals surface area contributed by atoms with Crippen molar-refractivity contribution in [1.29, 1.82) is 0 Å². The van der Waals surface area contributed by atoms with E-state index >= 15 is 0 Å². The van der Waals surface area contributed by atoms with Crippen molar-refractivity contribution in [2.75, 3.05) is 39.0 Å².